The molecule has 2 aromatic carbocycles. The number of hydrogen-bond donors (Lipinski definition) is 2. The van der Waals surface area contributed by atoms with E-state index < -0.39 is 0 Å². The van der Waals surface area contributed by atoms with Crippen molar-refractivity contribution in [3.05, 3.63) is 90.1 Å². The maximum atomic E-state index is 4.42. The Bertz CT molecular complexity index is 850. The van der Waals surface area contributed by atoms with Crippen LogP contribution in [0.5, 0.6) is 0 Å². The van der Waals surface area contributed by atoms with Gasteiger partial charge in [-0.15, -0.1) is 24.0 Å². The fraction of sp³-hybridized carbons (Fsp3) is 0.182. The number of aromatic nitrogens is 1. The summed E-state index contributed by atoms with van der Waals surface area (Å²) in [5, 5.41) is 6.81. The van der Waals surface area contributed by atoms with Gasteiger partial charge >= 0.3 is 0 Å². The number of nitrogens with zero attached hydrogens (tertiary/aromatic N) is 2. The fourth-order valence-corrected chi connectivity index (χ4v) is 2.78. The Kier molecular flexibility index (Phi) is 8.26. The second kappa shape index (κ2) is 10.7. The zero-order valence-corrected chi connectivity index (χ0v) is 17.9. The highest BCUT2D eigenvalue weighted by atomic mass is 127. The van der Waals surface area contributed by atoms with Gasteiger partial charge in [-0.2, -0.15) is 0 Å². The van der Waals surface area contributed by atoms with Crippen molar-refractivity contribution < 1.29 is 0 Å². The van der Waals surface area contributed by atoms with Crippen molar-refractivity contribution in [2.75, 3.05) is 7.05 Å². The van der Waals surface area contributed by atoms with Crippen LogP contribution in [0.1, 0.15) is 24.1 Å². The molecular formula is C22H25IN4. The van der Waals surface area contributed by atoms with E-state index >= 15 is 0 Å². The Balaban J connectivity index is 0.00000261. The smallest absolute Gasteiger partial charge is 0.191 e. The van der Waals surface area contributed by atoms with E-state index in [1.54, 1.807) is 7.05 Å². The summed E-state index contributed by atoms with van der Waals surface area (Å²) < 4.78 is 0. The molecular weight excluding hydrogens is 447 g/mol. The molecule has 2 N–H and O–H groups in total. The number of hydrogen-bond acceptors (Lipinski definition) is 2. The highest BCUT2D eigenvalue weighted by Gasteiger charge is 2.07. The van der Waals surface area contributed by atoms with E-state index in [4.69, 9.17) is 0 Å². The molecule has 0 aliphatic carbocycles. The largest absolute Gasteiger partial charge is 0.352 e. The Labute approximate surface area is 178 Å². The second-order valence-corrected chi connectivity index (χ2v) is 6.12. The van der Waals surface area contributed by atoms with Crippen LogP contribution in [0.4, 0.5) is 0 Å². The quantitative estimate of drug-likeness (QED) is 0.319. The van der Waals surface area contributed by atoms with Crippen LogP contribution in [0, 0.1) is 0 Å². The standard InChI is InChI=1S/C22H24N4.HI/c1-17(19-10-4-3-5-11-19)26-22(23-2)25-16-18-9-8-12-20(15-18)21-13-6-7-14-24-21;/h3-15,17H,16H2,1-2H3,(H2,23,25,26);1H. The van der Waals surface area contributed by atoms with Crippen LogP contribution in [-0.4, -0.2) is 18.0 Å². The molecule has 0 bridgehead atoms. The molecule has 27 heavy (non-hydrogen) atoms. The van der Waals surface area contributed by atoms with E-state index in [-0.39, 0.29) is 30.0 Å². The Morgan fingerprint density at radius 2 is 1.78 bits per heavy atom. The minimum Gasteiger partial charge on any atom is -0.352 e. The topological polar surface area (TPSA) is 49.3 Å². The van der Waals surface area contributed by atoms with E-state index in [0.29, 0.717) is 6.54 Å². The van der Waals surface area contributed by atoms with Crippen molar-refractivity contribution in [2.24, 2.45) is 4.99 Å². The zero-order valence-electron chi connectivity index (χ0n) is 15.6. The molecule has 0 radical (unpaired) electrons. The molecule has 1 atom stereocenters. The molecule has 3 rings (SSSR count). The third-order valence-corrected chi connectivity index (χ3v) is 4.22. The van der Waals surface area contributed by atoms with Crippen molar-refractivity contribution >= 4 is 29.9 Å². The third kappa shape index (κ3) is 6.06. The summed E-state index contributed by atoms with van der Waals surface area (Å²) in [5.41, 5.74) is 4.51. The molecule has 1 unspecified atom stereocenters. The first kappa shape index (κ1) is 20.9. The van der Waals surface area contributed by atoms with Gasteiger partial charge < -0.3 is 10.6 Å². The van der Waals surface area contributed by atoms with Crippen molar-refractivity contribution in [1.29, 1.82) is 0 Å². The molecule has 0 fully saturated rings. The summed E-state index contributed by atoms with van der Waals surface area (Å²) in [6, 6.07) is 24.9. The number of halogens is 1. The van der Waals surface area contributed by atoms with Gasteiger partial charge in [0.05, 0.1) is 11.7 Å². The number of aliphatic imine (C=N–C) groups is 1. The Hall–Kier alpha value is -2.41. The highest BCUT2D eigenvalue weighted by Crippen LogP contribution is 2.17. The number of pyridine rings is 1. The average Bonchev–Trinajstić information content (AvgIpc) is 2.72. The molecule has 0 saturated heterocycles. The lowest BCUT2D eigenvalue weighted by molar-refractivity contribution is 0.685. The molecule has 3 aromatic rings. The number of rotatable bonds is 5. The van der Waals surface area contributed by atoms with Crippen LogP contribution in [0.2, 0.25) is 0 Å². The monoisotopic (exact) mass is 472 g/mol. The summed E-state index contributed by atoms with van der Waals surface area (Å²) in [6.07, 6.45) is 1.82. The van der Waals surface area contributed by atoms with E-state index in [1.807, 2.05) is 42.6 Å². The van der Waals surface area contributed by atoms with Crippen molar-refractivity contribution in [3.8, 4) is 11.3 Å². The predicted octanol–water partition coefficient (Wildman–Crippen LogP) is 4.79. The van der Waals surface area contributed by atoms with Crippen LogP contribution in [0.3, 0.4) is 0 Å². The first-order valence-electron chi connectivity index (χ1n) is 8.79. The van der Waals surface area contributed by atoms with Crippen LogP contribution >= 0.6 is 24.0 Å². The van der Waals surface area contributed by atoms with E-state index in [2.05, 4.69) is 63.9 Å². The van der Waals surface area contributed by atoms with Crippen LogP contribution in [-0.2, 0) is 6.54 Å². The van der Waals surface area contributed by atoms with Gasteiger partial charge in [0.15, 0.2) is 5.96 Å². The lowest BCUT2D eigenvalue weighted by Gasteiger charge is -2.18. The minimum atomic E-state index is 0. The maximum absolute atomic E-state index is 4.42. The molecule has 1 aromatic heterocycles. The lowest BCUT2D eigenvalue weighted by Crippen LogP contribution is -2.38. The summed E-state index contributed by atoms with van der Waals surface area (Å²) in [6.45, 7) is 2.83. The first-order valence-corrected chi connectivity index (χ1v) is 8.79. The maximum Gasteiger partial charge on any atom is 0.191 e. The Morgan fingerprint density at radius 1 is 1.00 bits per heavy atom. The SMILES string of the molecule is CN=C(NCc1cccc(-c2ccccn2)c1)NC(C)c1ccccc1.I. The highest BCUT2D eigenvalue weighted by molar-refractivity contribution is 14.0. The van der Waals surface area contributed by atoms with Crippen molar-refractivity contribution in [3.63, 3.8) is 0 Å². The summed E-state index contributed by atoms with van der Waals surface area (Å²) >= 11 is 0. The molecule has 5 heteroatoms. The molecule has 1 heterocycles. The number of nitrogens with one attached hydrogen (secondary N) is 2. The van der Waals surface area contributed by atoms with Gasteiger partial charge in [-0.05, 0) is 36.2 Å². The number of guanidine groups is 1. The van der Waals surface area contributed by atoms with Crippen LogP contribution in [0.25, 0.3) is 11.3 Å². The minimum absolute atomic E-state index is 0. The van der Waals surface area contributed by atoms with Crippen LogP contribution in [0.15, 0.2) is 84.0 Å². The van der Waals surface area contributed by atoms with Gasteiger partial charge in [0, 0.05) is 25.4 Å². The summed E-state index contributed by atoms with van der Waals surface area (Å²) in [5.74, 6) is 0.782. The van der Waals surface area contributed by atoms with Gasteiger partial charge in [-0.3, -0.25) is 9.98 Å². The van der Waals surface area contributed by atoms with Crippen molar-refractivity contribution in [1.82, 2.24) is 15.6 Å². The predicted molar refractivity (Wildman–Crippen MR) is 123 cm³/mol. The van der Waals surface area contributed by atoms with Gasteiger partial charge in [0.2, 0.25) is 0 Å². The average molecular weight is 472 g/mol. The second-order valence-electron chi connectivity index (χ2n) is 6.12. The fourth-order valence-electron chi connectivity index (χ4n) is 2.78. The zero-order chi connectivity index (χ0) is 18.2. The normalized spacial score (nSPS) is 12.0. The first-order chi connectivity index (χ1) is 12.8. The van der Waals surface area contributed by atoms with Gasteiger partial charge in [-0.25, -0.2) is 0 Å². The summed E-state index contributed by atoms with van der Waals surface area (Å²) in [4.78, 5) is 8.75. The molecule has 140 valence electrons. The van der Waals surface area contributed by atoms with Gasteiger partial charge in [0.1, 0.15) is 0 Å². The van der Waals surface area contributed by atoms with Crippen LogP contribution < -0.4 is 10.6 Å². The Morgan fingerprint density at radius 3 is 2.48 bits per heavy atom. The molecule has 0 aliphatic heterocycles. The van der Waals surface area contributed by atoms with E-state index in [1.165, 1.54) is 11.1 Å². The number of benzene rings is 2. The van der Waals surface area contributed by atoms with Gasteiger partial charge in [0.25, 0.3) is 0 Å². The van der Waals surface area contributed by atoms with Crippen molar-refractivity contribution in [2.45, 2.75) is 19.5 Å². The third-order valence-electron chi connectivity index (χ3n) is 4.22. The molecule has 4 nitrogen and oxygen atoms in total. The lowest BCUT2D eigenvalue weighted by atomic mass is 10.1. The summed E-state index contributed by atoms with van der Waals surface area (Å²) in [7, 11) is 1.79. The molecule has 0 saturated carbocycles. The van der Waals surface area contributed by atoms with E-state index in [0.717, 1.165) is 17.2 Å². The molecule has 0 aliphatic rings. The molecule has 0 spiro atoms. The van der Waals surface area contributed by atoms with E-state index in [9.17, 15) is 0 Å². The van der Waals surface area contributed by atoms with Gasteiger partial charge in [-0.1, -0.05) is 54.6 Å². The molecule has 0 amide bonds.